The molecule has 0 radical (unpaired) electrons. The lowest BCUT2D eigenvalue weighted by Gasteiger charge is -2.45. The number of ether oxygens (including phenoxy) is 3. The van der Waals surface area contributed by atoms with Crippen molar-refractivity contribution in [2.45, 2.75) is 76.5 Å². The van der Waals surface area contributed by atoms with Crippen LogP contribution in [-0.4, -0.2) is 24.6 Å². The summed E-state index contributed by atoms with van der Waals surface area (Å²) in [5.74, 6) is 1.27. The van der Waals surface area contributed by atoms with Gasteiger partial charge in [0.05, 0.1) is 31.7 Å². The summed E-state index contributed by atoms with van der Waals surface area (Å²) in [6.07, 6.45) is 1.76. The largest absolute Gasteiger partial charge is 0.496 e. The first-order chi connectivity index (χ1) is 20.5. The van der Waals surface area contributed by atoms with E-state index in [2.05, 4.69) is 125 Å². The Morgan fingerprint density at radius 2 is 1.31 bits per heavy atom. The highest BCUT2D eigenvalue weighted by Crippen LogP contribution is 2.51. The summed E-state index contributed by atoms with van der Waals surface area (Å²) in [6, 6.07) is 34.4. The van der Waals surface area contributed by atoms with E-state index in [9.17, 15) is 0 Å². The molecule has 0 aromatic heterocycles. The Hall–Kier alpha value is -3.05. The first-order valence-electron chi connectivity index (χ1n) is 15.2. The van der Waals surface area contributed by atoms with Crippen LogP contribution in [-0.2, 0) is 29.1 Å². The second kappa shape index (κ2) is 14.4. The standard InChI is InChI=1S/C38H44O3S/c1-6-35-28(4)36(40-24-30-13-9-7-10-14-30)37(41-25-31-15-11-8-12-16-31)38(42-35)33-23-32(27(3)21-34(33)39-5)22-29-19-17-26(2)18-20-29/h7-21,23,28,35-38H,6,22,24-25H2,1-5H3/t28-,35-,36+,37-,38+/m1/s1. The zero-order valence-electron chi connectivity index (χ0n) is 25.6. The molecule has 1 aliphatic rings. The highest BCUT2D eigenvalue weighted by atomic mass is 32.2. The van der Waals surface area contributed by atoms with Crippen LogP contribution in [0, 0.1) is 19.8 Å². The van der Waals surface area contributed by atoms with Gasteiger partial charge in [-0.15, -0.1) is 11.8 Å². The van der Waals surface area contributed by atoms with Crippen LogP contribution in [0.2, 0.25) is 0 Å². The van der Waals surface area contributed by atoms with Gasteiger partial charge in [-0.3, -0.25) is 0 Å². The van der Waals surface area contributed by atoms with Crippen LogP contribution in [0.3, 0.4) is 0 Å². The molecule has 0 aliphatic carbocycles. The maximum absolute atomic E-state index is 6.90. The fraction of sp³-hybridized carbons (Fsp3) is 0.368. The molecular weight excluding hydrogens is 536 g/mol. The molecule has 0 spiro atoms. The van der Waals surface area contributed by atoms with E-state index in [1.165, 1.54) is 38.9 Å². The quantitative estimate of drug-likeness (QED) is 0.177. The maximum atomic E-state index is 6.90. The SMILES string of the molecule is CC[C@H]1S[C@@H](c2cc(Cc3ccc(C)cc3)c(C)cc2OC)[C@H](OCc2ccccc2)[C@@H](OCc2ccccc2)[C@@H]1C. The van der Waals surface area contributed by atoms with E-state index in [0.717, 1.165) is 18.6 Å². The monoisotopic (exact) mass is 580 g/mol. The fourth-order valence-electron chi connectivity index (χ4n) is 6.01. The number of hydrogen-bond donors (Lipinski definition) is 0. The van der Waals surface area contributed by atoms with E-state index in [1.54, 1.807) is 7.11 Å². The number of hydrogen-bond acceptors (Lipinski definition) is 4. The van der Waals surface area contributed by atoms with Gasteiger partial charge >= 0.3 is 0 Å². The number of aryl methyl sites for hydroxylation is 2. The zero-order valence-corrected chi connectivity index (χ0v) is 26.4. The summed E-state index contributed by atoms with van der Waals surface area (Å²) >= 11 is 2.03. The average molecular weight is 581 g/mol. The molecule has 5 rings (SSSR count). The third kappa shape index (κ3) is 7.29. The Balaban J connectivity index is 1.52. The van der Waals surface area contributed by atoms with E-state index in [0.29, 0.717) is 24.4 Å². The van der Waals surface area contributed by atoms with E-state index in [-0.39, 0.29) is 17.5 Å². The molecule has 1 fully saturated rings. The van der Waals surface area contributed by atoms with Crippen LogP contribution >= 0.6 is 11.8 Å². The number of rotatable bonds is 11. The third-order valence-electron chi connectivity index (χ3n) is 8.53. The van der Waals surface area contributed by atoms with Crippen molar-refractivity contribution in [1.82, 2.24) is 0 Å². The van der Waals surface area contributed by atoms with Gasteiger partial charge in [0, 0.05) is 10.8 Å². The summed E-state index contributed by atoms with van der Waals surface area (Å²) in [5.41, 5.74) is 8.72. The maximum Gasteiger partial charge on any atom is 0.123 e. The van der Waals surface area contributed by atoms with Gasteiger partial charge in [0.15, 0.2) is 0 Å². The van der Waals surface area contributed by atoms with Crippen LogP contribution in [0.15, 0.2) is 97.1 Å². The minimum atomic E-state index is -0.138. The lowest BCUT2D eigenvalue weighted by Crippen LogP contribution is -2.48. The molecule has 0 N–H and O–H groups in total. The van der Waals surface area contributed by atoms with Gasteiger partial charge < -0.3 is 14.2 Å². The van der Waals surface area contributed by atoms with Gasteiger partial charge in [-0.05, 0) is 66.5 Å². The molecule has 0 amide bonds. The molecule has 3 nitrogen and oxygen atoms in total. The van der Waals surface area contributed by atoms with Crippen molar-refractivity contribution >= 4 is 11.8 Å². The Bertz CT molecular complexity index is 1400. The Labute approximate surface area is 256 Å². The molecule has 4 aromatic rings. The van der Waals surface area contributed by atoms with Crippen molar-refractivity contribution in [3.05, 3.63) is 136 Å². The molecule has 0 unspecified atom stereocenters. The van der Waals surface area contributed by atoms with Crippen LogP contribution in [0.5, 0.6) is 5.75 Å². The molecule has 1 aliphatic heterocycles. The van der Waals surface area contributed by atoms with Gasteiger partial charge in [0.2, 0.25) is 0 Å². The molecule has 220 valence electrons. The predicted octanol–water partition coefficient (Wildman–Crippen LogP) is 9.28. The van der Waals surface area contributed by atoms with Crippen molar-refractivity contribution < 1.29 is 14.2 Å². The van der Waals surface area contributed by atoms with E-state index in [4.69, 9.17) is 14.2 Å². The summed E-state index contributed by atoms with van der Waals surface area (Å²) < 4.78 is 19.8. The average Bonchev–Trinajstić information content (AvgIpc) is 3.02. The van der Waals surface area contributed by atoms with Crippen molar-refractivity contribution in [3.8, 4) is 5.75 Å². The molecule has 42 heavy (non-hydrogen) atoms. The number of methoxy groups -OCH3 is 1. The Kier molecular flexibility index (Phi) is 10.4. The third-order valence-corrected chi connectivity index (χ3v) is 10.5. The number of thioether (sulfide) groups is 1. The minimum absolute atomic E-state index is 0.0586. The van der Waals surface area contributed by atoms with E-state index in [1.807, 2.05) is 11.8 Å². The normalized spacial score (nSPS) is 22.2. The van der Waals surface area contributed by atoms with Crippen molar-refractivity contribution in [3.63, 3.8) is 0 Å². The van der Waals surface area contributed by atoms with Gasteiger partial charge in [-0.2, -0.15) is 0 Å². The second-order valence-corrected chi connectivity index (χ2v) is 13.0. The predicted molar refractivity (Wildman–Crippen MR) is 175 cm³/mol. The summed E-state index contributed by atoms with van der Waals surface area (Å²) in [7, 11) is 1.79. The molecular formula is C38H44O3S. The molecule has 1 heterocycles. The molecule has 0 saturated carbocycles. The summed E-state index contributed by atoms with van der Waals surface area (Å²) in [5, 5.41) is 0.516. The molecule has 5 atom stereocenters. The van der Waals surface area contributed by atoms with Crippen LogP contribution in [0.4, 0.5) is 0 Å². The molecule has 4 heteroatoms. The zero-order chi connectivity index (χ0) is 29.5. The lowest BCUT2D eigenvalue weighted by atomic mass is 9.88. The second-order valence-electron chi connectivity index (χ2n) is 11.6. The van der Waals surface area contributed by atoms with E-state index >= 15 is 0 Å². The Morgan fingerprint density at radius 3 is 1.88 bits per heavy atom. The lowest BCUT2D eigenvalue weighted by molar-refractivity contribution is -0.112. The van der Waals surface area contributed by atoms with Gasteiger partial charge in [0.1, 0.15) is 11.9 Å². The fourth-order valence-corrected chi connectivity index (χ4v) is 7.70. The smallest absolute Gasteiger partial charge is 0.123 e. The van der Waals surface area contributed by atoms with Gasteiger partial charge in [-0.1, -0.05) is 110 Å². The highest BCUT2D eigenvalue weighted by molar-refractivity contribution is 8.00. The minimum Gasteiger partial charge on any atom is -0.496 e. The highest BCUT2D eigenvalue weighted by Gasteiger charge is 2.46. The Morgan fingerprint density at radius 1 is 0.714 bits per heavy atom. The van der Waals surface area contributed by atoms with Crippen molar-refractivity contribution in [1.29, 1.82) is 0 Å². The van der Waals surface area contributed by atoms with Crippen LogP contribution < -0.4 is 4.74 Å². The topological polar surface area (TPSA) is 27.7 Å². The first kappa shape index (κ1) is 30.4. The number of benzene rings is 4. The molecule has 4 aromatic carbocycles. The van der Waals surface area contributed by atoms with Crippen molar-refractivity contribution in [2.24, 2.45) is 5.92 Å². The van der Waals surface area contributed by atoms with Crippen molar-refractivity contribution in [2.75, 3.05) is 7.11 Å². The van der Waals surface area contributed by atoms with Crippen LogP contribution in [0.25, 0.3) is 0 Å². The molecule has 0 bridgehead atoms. The van der Waals surface area contributed by atoms with Crippen LogP contribution in [0.1, 0.15) is 64.5 Å². The van der Waals surface area contributed by atoms with E-state index < -0.39 is 0 Å². The first-order valence-corrected chi connectivity index (χ1v) is 16.1. The molecule has 1 saturated heterocycles. The van der Waals surface area contributed by atoms with Gasteiger partial charge in [-0.25, -0.2) is 0 Å². The summed E-state index contributed by atoms with van der Waals surface area (Å²) in [6.45, 7) is 10.1. The summed E-state index contributed by atoms with van der Waals surface area (Å²) in [4.78, 5) is 0. The van der Waals surface area contributed by atoms with Gasteiger partial charge in [0.25, 0.3) is 0 Å².